The zero-order valence-corrected chi connectivity index (χ0v) is 19.9. The quantitative estimate of drug-likeness (QED) is 0.294. The van der Waals surface area contributed by atoms with Crippen LogP contribution in [0.25, 0.3) is 16.5 Å². The van der Waals surface area contributed by atoms with Crippen molar-refractivity contribution >= 4 is 34.1 Å². The summed E-state index contributed by atoms with van der Waals surface area (Å²) in [6.45, 7) is 3.41. The molecule has 3 aromatic carbocycles. The van der Waals surface area contributed by atoms with E-state index in [2.05, 4.69) is 10.4 Å². The Morgan fingerprint density at radius 2 is 1.53 bits per heavy atom. The summed E-state index contributed by atoms with van der Waals surface area (Å²) >= 11 is 0. The number of hydrogen-bond acceptors (Lipinski definition) is 6. The van der Waals surface area contributed by atoms with Gasteiger partial charge in [-0.3, -0.25) is 14.4 Å². The number of Topliss-reactive ketones (excluding diaryl/α,β-unsaturated/α-hetero) is 1. The van der Waals surface area contributed by atoms with Crippen LogP contribution in [0.5, 0.6) is 0 Å². The molecule has 8 nitrogen and oxygen atoms in total. The molecule has 182 valence electrons. The van der Waals surface area contributed by atoms with Crippen molar-refractivity contribution in [3.8, 4) is 5.69 Å². The molecule has 1 amide bonds. The third-order valence-electron chi connectivity index (χ3n) is 5.42. The molecule has 1 aromatic heterocycles. The molecule has 36 heavy (non-hydrogen) atoms. The summed E-state index contributed by atoms with van der Waals surface area (Å²) in [5, 5.41) is 7.69. The second-order valence-corrected chi connectivity index (χ2v) is 8.67. The molecular formula is C28H25N3O5. The second kappa shape index (κ2) is 10.8. The number of esters is 1. The van der Waals surface area contributed by atoms with Crippen LogP contribution in [0.3, 0.4) is 0 Å². The Balaban J connectivity index is 1.51. The van der Waals surface area contributed by atoms with E-state index in [0.717, 1.165) is 4.68 Å². The van der Waals surface area contributed by atoms with Crippen LogP contribution in [0.15, 0.2) is 83.7 Å². The average molecular weight is 484 g/mol. The number of nitrogens with zero attached hydrogens (tertiary/aromatic N) is 2. The minimum absolute atomic E-state index is 0.0648. The summed E-state index contributed by atoms with van der Waals surface area (Å²) in [5.74, 6) is -1.10. The van der Waals surface area contributed by atoms with E-state index in [-0.39, 0.29) is 23.1 Å². The molecule has 0 aliphatic rings. The molecule has 0 spiro atoms. The summed E-state index contributed by atoms with van der Waals surface area (Å²) < 4.78 is 6.43. The highest BCUT2D eigenvalue weighted by Gasteiger charge is 2.20. The van der Waals surface area contributed by atoms with Gasteiger partial charge in [0.2, 0.25) is 5.91 Å². The zero-order chi connectivity index (χ0) is 25.7. The number of rotatable bonds is 8. The van der Waals surface area contributed by atoms with Crippen molar-refractivity contribution in [1.82, 2.24) is 9.78 Å². The third-order valence-corrected chi connectivity index (χ3v) is 5.42. The Hall–Kier alpha value is -4.59. The van der Waals surface area contributed by atoms with Crippen LogP contribution in [0.2, 0.25) is 0 Å². The summed E-state index contributed by atoms with van der Waals surface area (Å²) in [5.41, 5.74) is 0.971. The lowest BCUT2D eigenvalue weighted by molar-refractivity contribution is -0.116. The normalized spacial score (nSPS) is 10.9. The molecule has 4 aromatic rings. The first-order chi connectivity index (χ1) is 17.3. The number of hydrogen-bond donors (Lipinski definition) is 1. The molecule has 0 saturated carbocycles. The number of anilines is 1. The van der Waals surface area contributed by atoms with Gasteiger partial charge in [-0.15, -0.1) is 0 Å². The topological polar surface area (TPSA) is 107 Å². The number of benzene rings is 3. The van der Waals surface area contributed by atoms with Crippen LogP contribution in [-0.4, -0.2) is 34.0 Å². The molecule has 8 heteroatoms. The van der Waals surface area contributed by atoms with Gasteiger partial charge in [0, 0.05) is 23.1 Å². The van der Waals surface area contributed by atoms with E-state index in [0.29, 0.717) is 34.1 Å². The first-order valence-electron chi connectivity index (χ1n) is 11.5. The fourth-order valence-corrected chi connectivity index (χ4v) is 3.69. The summed E-state index contributed by atoms with van der Waals surface area (Å²) in [6.07, 6.45) is 0.400. The minimum atomic E-state index is -0.818. The van der Waals surface area contributed by atoms with E-state index in [1.165, 1.54) is 0 Å². The van der Waals surface area contributed by atoms with E-state index < -0.39 is 18.4 Å². The second-order valence-electron chi connectivity index (χ2n) is 8.67. The number of ketones is 1. The summed E-state index contributed by atoms with van der Waals surface area (Å²) in [6, 6.07) is 21.7. The molecule has 1 N–H and O–H groups in total. The van der Waals surface area contributed by atoms with Crippen LogP contribution in [0.4, 0.5) is 5.69 Å². The number of carbonyl (C=O) groups excluding carboxylic acids is 3. The van der Waals surface area contributed by atoms with E-state index in [4.69, 9.17) is 4.74 Å². The van der Waals surface area contributed by atoms with Crippen LogP contribution in [-0.2, 0) is 9.53 Å². The molecule has 0 unspecified atom stereocenters. The summed E-state index contributed by atoms with van der Waals surface area (Å²) in [7, 11) is 0. The predicted molar refractivity (Wildman–Crippen MR) is 136 cm³/mol. The van der Waals surface area contributed by atoms with Gasteiger partial charge in [0.15, 0.2) is 18.1 Å². The van der Waals surface area contributed by atoms with Gasteiger partial charge in [-0.05, 0) is 48.4 Å². The van der Waals surface area contributed by atoms with Gasteiger partial charge in [-0.1, -0.05) is 50.2 Å². The van der Waals surface area contributed by atoms with E-state index in [1.54, 1.807) is 72.8 Å². The Morgan fingerprint density at radius 1 is 0.889 bits per heavy atom. The molecule has 1 heterocycles. The fraction of sp³-hybridized carbons (Fsp3) is 0.179. The van der Waals surface area contributed by atoms with Crippen molar-refractivity contribution in [3.63, 3.8) is 0 Å². The minimum Gasteiger partial charge on any atom is -0.452 e. The molecular weight excluding hydrogens is 458 g/mol. The van der Waals surface area contributed by atoms with Crippen LogP contribution >= 0.6 is 0 Å². The van der Waals surface area contributed by atoms with Gasteiger partial charge >= 0.3 is 5.97 Å². The predicted octanol–water partition coefficient (Wildman–Crippen LogP) is 4.41. The molecule has 0 radical (unpaired) electrons. The zero-order valence-electron chi connectivity index (χ0n) is 19.9. The molecule has 0 saturated heterocycles. The van der Waals surface area contributed by atoms with Crippen molar-refractivity contribution in [2.45, 2.75) is 20.3 Å². The number of fused-ring (bicyclic) bond motifs is 1. The lowest BCUT2D eigenvalue weighted by Crippen LogP contribution is -2.25. The standard InChI is InChI=1S/C28H25N3O5/c1-18(2)16-25(33)29-20-14-12-19(13-15-20)24(32)17-36-28(35)26-22-10-6-7-11-23(22)27(34)31(30-26)21-8-4-3-5-9-21/h3-15,18H,16-17H2,1-2H3,(H,29,33). The van der Waals surface area contributed by atoms with Gasteiger partial charge < -0.3 is 10.1 Å². The highest BCUT2D eigenvalue weighted by molar-refractivity contribution is 6.04. The number of carbonyl (C=O) groups is 3. The summed E-state index contributed by atoms with van der Waals surface area (Å²) in [4.78, 5) is 50.5. The van der Waals surface area contributed by atoms with Crippen LogP contribution < -0.4 is 10.9 Å². The number of ether oxygens (including phenoxy) is 1. The van der Waals surface area contributed by atoms with Gasteiger partial charge in [0.1, 0.15) is 0 Å². The number of para-hydroxylation sites is 1. The van der Waals surface area contributed by atoms with E-state index >= 15 is 0 Å². The Labute approximate surface area is 207 Å². The van der Waals surface area contributed by atoms with Crippen molar-refractivity contribution in [2.24, 2.45) is 5.92 Å². The SMILES string of the molecule is CC(C)CC(=O)Nc1ccc(C(=O)COC(=O)c2nn(-c3ccccc3)c(=O)c3ccccc23)cc1. The monoisotopic (exact) mass is 483 g/mol. The molecule has 0 bridgehead atoms. The van der Waals surface area contributed by atoms with Gasteiger partial charge in [0.25, 0.3) is 5.56 Å². The molecule has 0 fully saturated rings. The third kappa shape index (κ3) is 5.55. The maximum Gasteiger partial charge on any atom is 0.359 e. The molecule has 0 aliphatic heterocycles. The highest BCUT2D eigenvalue weighted by atomic mass is 16.5. The van der Waals surface area contributed by atoms with Crippen molar-refractivity contribution in [3.05, 3.63) is 100 Å². The van der Waals surface area contributed by atoms with E-state index in [1.807, 2.05) is 19.9 Å². The lowest BCUT2D eigenvalue weighted by atomic mass is 10.1. The van der Waals surface area contributed by atoms with Crippen molar-refractivity contribution in [1.29, 1.82) is 0 Å². The molecule has 4 rings (SSSR count). The number of nitrogens with one attached hydrogen (secondary N) is 1. The van der Waals surface area contributed by atoms with Crippen molar-refractivity contribution in [2.75, 3.05) is 11.9 Å². The smallest absolute Gasteiger partial charge is 0.359 e. The number of amides is 1. The first-order valence-corrected chi connectivity index (χ1v) is 11.5. The van der Waals surface area contributed by atoms with Crippen LogP contribution in [0.1, 0.15) is 41.1 Å². The molecule has 0 aliphatic carbocycles. The Bertz CT molecular complexity index is 1480. The van der Waals surface area contributed by atoms with Gasteiger partial charge in [0.05, 0.1) is 11.1 Å². The maximum atomic E-state index is 13.0. The average Bonchev–Trinajstić information content (AvgIpc) is 2.88. The first kappa shape index (κ1) is 24.5. The Kier molecular flexibility index (Phi) is 7.34. The fourth-order valence-electron chi connectivity index (χ4n) is 3.69. The largest absolute Gasteiger partial charge is 0.452 e. The number of aromatic nitrogens is 2. The Morgan fingerprint density at radius 3 is 2.19 bits per heavy atom. The van der Waals surface area contributed by atoms with Gasteiger partial charge in [-0.2, -0.15) is 9.78 Å². The van der Waals surface area contributed by atoms with E-state index in [9.17, 15) is 19.2 Å². The molecule has 0 atom stereocenters. The van der Waals surface area contributed by atoms with Crippen LogP contribution in [0, 0.1) is 5.92 Å². The van der Waals surface area contributed by atoms with Gasteiger partial charge in [-0.25, -0.2) is 4.79 Å². The van der Waals surface area contributed by atoms with Crippen molar-refractivity contribution < 1.29 is 19.1 Å². The highest BCUT2D eigenvalue weighted by Crippen LogP contribution is 2.17. The lowest BCUT2D eigenvalue weighted by Gasteiger charge is -2.11. The maximum absolute atomic E-state index is 13.0.